The molecule has 1 saturated heterocycles. The van der Waals surface area contributed by atoms with Crippen molar-refractivity contribution in [2.24, 2.45) is 11.1 Å². The van der Waals surface area contributed by atoms with Crippen LogP contribution in [0.3, 0.4) is 0 Å². The maximum Gasteiger partial charge on any atom is 0.292 e. The lowest BCUT2D eigenvalue weighted by molar-refractivity contribution is -0.384. The van der Waals surface area contributed by atoms with Crippen molar-refractivity contribution in [1.29, 1.82) is 0 Å². The Morgan fingerprint density at radius 1 is 1.57 bits per heavy atom. The first-order valence-corrected chi connectivity index (χ1v) is 6.83. The van der Waals surface area contributed by atoms with E-state index in [4.69, 9.17) is 5.73 Å². The van der Waals surface area contributed by atoms with Crippen molar-refractivity contribution in [3.63, 3.8) is 0 Å². The highest BCUT2D eigenvalue weighted by Gasteiger charge is 2.38. The van der Waals surface area contributed by atoms with Crippen LogP contribution in [0.15, 0.2) is 18.2 Å². The summed E-state index contributed by atoms with van der Waals surface area (Å²) >= 11 is 0. The van der Waals surface area contributed by atoms with Crippen molar-refractivity contribution in [1.82, 2.24) is 4.90 Å². The quantitative estimate of drug-likeness (QED) is 0.630. The summed E-state index contributed by atoms with van der Waals surface area (Å²) in [7, 11) is 1.67. The van der Waals surface area contributed by atoms with Crippen LogP contribution in [0.4, 0.5) is 11.4 Å². The van der Waals surface area contributed by atoms with Crippen LogP contribution in [0.2, 0.25) is 0 Å². The molecular formula is C14H20N4O3. The fourth-order valence-corrected chi connectivity index (χ4v) is 2.79. The molecule has 7 heteroatoms. The Morgan fingerprint density at radius 2 is 2.29 bits per heavy atom. The average molecular weight is 292 g/mol. The molecule has 2 rings (SSSR count). The minimum absolute atomic E-state index is 0.0619. The summed E-state index contributed by atoms with van der Waals surface area (Å²) in [5.41, 5.74) is 6.36. The Hall–Kier alpha value is -2.15. The number of anilines is 1. The van der Waals surface area contributed by atoms with Crippen molar-refractivity contribution < 1.29 is 9.72 Å². The van der Waals surface area contributed by atoms with Crippen molar-refractivity contribution in [3.8, 4) is 0 Å². The number of amides is 1. The number of carbonyl (C=O) groups is 1. The standard InChI is InChI=1S/C14H20N4O3/c1-14(13(15)19)6-7-17(9-14)8-10-4-3-5-11(18(20)21)12(10)16-2/h3-5,16H,6-9H2,1-2H3,(H2,15,19). The largest absolute Gasteiger partial charge is 0.382 e. The molecule has 1 aliphatic rings. The number of para-hydroxylation sites is 1. The minimum atomic E-state index is -0.513. The Morgan fingerprint density at radius 3 is 2.81 bits per heavy atom. The Labute approximate surface area is 123 Å². The van der Waals surface area contributed by atoms with E-state index in [0.717, 1.165) is 12.1 Å². The summed E-state index contributed by atoms with van der Waals surface area (Å²) in [6.45, 7) is 3.75. The van der Waals surface area contributed by atoms with Gasteiger partial charge in [0.25, 0.3) is 5.69 Å². The third-order valence-corrected chi connectivity index (χ3v) is 4.12. The number of nitro groups is 1. The second-order valence-corrected chi connectivity index (χ2v) is 5.70. The third-order valence-electron chi connectivity index (χ3n) is 4.12. The van der Waals surface area contributed by atoms with Crippen LogP contribution in [0.5, 0.6) is 0 Å². The number of nitrogens with two attached hydrogens (primary N) is 1. The predicted octanol–water partition coefficient (Wildman–Crippen LogP) is 1.33. The van der Waals surface area contributed by atoms with Gasteiger partial charge in [-0.3, -0.25) is 19.8 Å². The smallest absolute Gasteiger partial charge is 0.292 e. The second kappa shape index (κ2) is 5.69. The Balaban J connectivity index is 2.20. The van der Waals surface area contributed by atoms with Gasteiger partial charge in [0.1, 0.15) is 5.69 Å². The van der Waals surface area contributed by atoms with Gasteiger partial charge in [0.15, 0.2) is 0 Å². The average Bonchev–Trinajstić information content (AvgIpc) is 2.81. The topological polar surface area (TPSA) is 102 Å². The zero-order valence-corrected chi connectivity index (χ0v) is 12.3. The number of rotatable bonds is 5. The van der Waals surface area contributed by atoms with E-state index in [1.54, 1.807) is 13.1 Å². The molecule has 1 unspecified atom stereocenters. The molecule has 7 nitrogen and oxygen atoms in total. The van der Waals surface area contributed by atoms with E-state index in [-0.39, 0.29) is 11.6 Å². The molecule has 1 aliphatic heterocycles. The second-order valence-electron chi connectivity index (χ2n) is 5.70. The van der Waals surface area contributed by atoms with Crippen LogP contribution in [0.1, 0.15) is 18.9 Å². The molecule has 1 fully saturated rings. The summed E-state index contributed by atoms with van der Waals surface area (Å²) in [6, 6.07) is 5.02. The fourth-order valence-electron chi connectivity index (χ4n) is 2.79. The molecule has 0 spiro atoms. The van der Waals surface area contributed by atoms with Crippen molar-refractivity contribution in [3.05, 3.63) is 33.9 Å². The minimum Gasteiger partial charge on any atom is -0.382 e. The molecule has 1 heterocycles. The first-order chi connectivity index (χ1) is 9.87. The van der Waals surface area contributed by atoms with Crippen LogP contribution >= 0.6 is 0 Å². The van der Waals surface area contributed by atoms with Crippen LogP contribution in [0, 0.1) is 15.5 Å². The molecule has 1 amide bonds. The molecule has 0 aromatic heterocycles. The maximum absolute atomic E-state index is 11.5. The molecule has 0 bridgehead atoms. The number of hydrogen-bond donors (Lipinski definition) is 2. The van der Waals surface area contributed by atoms with E-state index in [0.29, 0.717) is 25.2 Å². The number of benzene rings is 1. The lowest BCUT2D eigenvalue weighted by Crippen LogP contribution is -2.37. The summed E-state index contributed by atoms with van der Waals surface area (Å²) in [4.78, 5) is 24.2. The molecule has 21 heavy (non-hydrogen) atoms. The van der Waals surface area contributed by atoms with Gasteiger partial charge >= 0.3 is 0 Å². The van der Waals surface area contributed by atoms with Gasteiger partial charge in [-0.05, 0) is 25.5 Å². The fraction of sp³-hybridized carbons (Fsp3) is 0.500. The van der Waals surface area contributed by atoms with Gasteiger partial charge in [0.2, 0.25) is 5.91 Å². The SMILES string of the molecule is CNc1c(CN2CCC(C)(C(N)=O)C2)cccc1[N+](=O)[O-]. The highest BCUT2D eigenvalue weighted by Crippen LogP contribution is 2.33. The molecule has 0 aliphatic carbocycles. The summed E-state index contributed by atoms with van der Waals surface area (Å²) < 4.78 is 0. The summed E-state index contributed by atoms with van der Waals surface area (Å²) in [6.07, 6.45) is 0.714. The lowest BCUT2D eigenvalue weighted by atomic mass is 9.89. The number of nitro benzene ring substituents is 1. The van der Waals surface area contributed by atoms with E-state index in [9.17, 15) is 14.9 Å². The van der Waals surface area contributed by atoms with E-state index in [1.807, 2.05) is 13.0 Å². The van der Waals surface area contributed by atoms with Gasteiger partial charge < -0.3 is 11.1 Å². The molecule has 3 N–H and O–H groups in total. The maximum atomic E-state index is 11.5. The number of nitrogens with zero attached hydrogens (tertiary/aromatic N) is 2. The molecule has 1 aromatic carbocycles. The Bertz CT molecular complexity index is 575. The number of likely N-dealkylation sites (tertiary alicyclic amines) is 1. The van der Waals surface area contributed by atoms with Crippen molar-refractivity contribution >= 4 is 17.3 Å². The van der Waals surface area contributed by atoms with Gasteiger partial charge in [-0.2, -0.15) is 0 Å². The number of carbonyl (C=O) groups excluding carboxylic acids is 1. The van der Waals surface area contributed by atoms with E-state index >= 15 is 0 Å². The molecule has 1 atom stereocenters. The highest BCUT2D eigenvalue weighted by molar-refractivity contribution is 5.81. The highest BCUT2D eigenvalue weighted by atomic mass is 16.6. The Kier molecular flexibility index (Phi) is 4.13. The molecule has 114 valence electrons. The van der Waals surface area contributed by atoms with Gasteiger partial charge in [-0.1, -0.05) is 12.1 Å². The molecular weight excluding hydrogens is 272 g/mol. The van der Waals surface area contributed by atoms with E-state index in [1.165, 1.54) is 6.07 Å². The van der Waals surface area contributed by atoms with Crippen LogP contribution in [-0.4, -0.2) is 35.9 Å². The van der Waals surface area contributed by atoms with Crippen molar-refractivity contribution in [2.75, 3.05) is 25.5 Å². The zero-order chi connectivity index (χ0) is 15.6. The van der Waals surface area contributed by atoms with Gasteiger partial charge in [-0.25, -0.2) is 0 Å². The normalized spacial score (nSPS) is 22.2. The molecule has 0 saturated carbocycles. The summed E-state index contributed by atoms with van der Waals surface area (Å²) in [5.74, 6) is -0.294. The third kappa shape index (κ3) is 2.97. The predicted molar refractivity (Wildman–Crippen MR) is 79.8 cm³/mol. The number of nitrogens with one attached hydrogen (secondary N) is 1. The van der Waals surface area contributed by atoms with E-state index in [2.05, 4.69) is 10.2 Å². The van der Waals surface area contributed by atoms with Crippen LogP contribution in [0.25, 0.3) is 0 Å². The first kappa shape index (κ1) is 15.2. The monoisotopic (exact) mass is 292 g/mol. The molecule has 0 radical (unpaired) electrons. The van der Waals surface area contributed by atoms with Crippen LogP contribution < -0.4 is 11.1 Å². The summed E-state index contributed by atoms with van der Waals surface area (Å²) in [5, 5.41) is 14.0. The van der Waals surface area contributed by atoms with Gasteiger partial charge in [0.05, 0.1) is 10.3 Å². The molecule has 1 aromatic rings. The zero-order valence-electron chi connectivity index (χ0n) is 12.3. The van der Waals surface area contributed by atoms with Crippen molar-refractivity contribution in [2.45, 2.75) is 19.9 Å². The number of primary amides is 1. The first-order valence-electron chi connectivity index (χ1n) is 6.83. The van der Waals surface area contributed by atoms with Gasteiger partial charge in [0, 0.05) is 26.2 Å². The lowest BCUT2D eigenvalue weighted by Gasteiger charge is -2.21. The van der Waals surface area contributed by atoms with E-state index < -0.39 is 10.3 Å². The van der Waals surface area contributed by atoms with Crippen LogP contribution in [-0.2, 0) is 11.3 Å². The van der Waals surface area contributed by atoms with Gasteiger partial charge in [-0.15, -0.1) is 0 Å². The number of hydrogen-bond acceptors (Lipinski definition) is 5.